The van der Waals surface area contributed by atoms with Crippen LogP contribution in [0.1, 0.15) is 0 Å². The molecule has 0 amide bonds. The Bertz CT molecular complexity index is 388. The minimum Gasteiger partial charge on any atom is -0.493 e. The number of amidine groups is 1. The molecule has 0 fully saturated rings. The van der Waals surface area contributed by atoms with E-state index in [9.17, 15) is 0 Å². The first-order valence-electron chi connectivity index (χ1n) is 5.52. The summed E-state index contributed by atoms with van der Waals surface area (Å²) in [5.41, 5.74) is 5.71. The highest BCUT2D eigenvalue weighted by Crippen LogP contribution is 2.17. The third kappa shape index (κ3) is 6.88. The maximum absolute atomic E-state index is 5.71. The summed E-state index contributed by atoms with van der Waals surface area (Å²) in [4.78, 5) is 4.14. The predicted octanol–water partition coefficient (Wildman–Crippen LogP) is 2.52. The van der Waals surface area contributed by atoms with Crippen molar-refractivity contribution in [3.63, 3.8) is 0 Å². The van der Waals surface area contributed by atoms with Crippen molar-refractivity contribution in [2.75, 3.05) is 32.6 Å². The van der Waals surface area contributed by atoms with Gasteiger partial charge in [0.1, 0.15) is 5.75 Å². The number of nitrogens with zero attached hydrogens (tertiary/aromatic N) is 1. The number of nitrogens with two attached hydrogens (primary N) is 1. The normalized spacial score (nSPS) is 11.6. The van der Waals surface area contributed by atoms with Gasteiger partial charge in [0.25, 0.3) is 0 Å². The minimum atomic E-state index is 0.574. The van der Waals surface area contributed by atoms with Crippen LogP contribution in [0, 0.1) is 0 Å². The van der Waals surface area contributed by atoms with E-state index in [0.717, 1.165) is 16.0 Å². The molecule has 0 saturated carbocycles. The minimum absolute atomic E-state index is 0.574. The van der Waals surface area contributed by atoms with Gasteiger partial charge < -0.3 is 15.2 Å². The van der Waals surface area contributed by atoms with Crippen LogP contribution in [0.2, 0.25) is 0 Å². The standard InChI is InChI=1S/C12H17BrN2O2S/c1-16-6-5-15-12(14)18-8-7-17-11-4-2-3-10(13)9-11/h2-4,9H,5-8H2,1H3,(H2,14,15). The molecule has 2 N–H and O–H groups in total. The summed E-state index contributed by atoms with van der Waals surface area (Å²) in [6.45, 7) is 1.79. The number of aliphatic imine (C=N–C) groups is 1. The van der Waals surface area contributed by atoms with Gasteiger partial charge in [-0.1, -0.05) is 33.8 Å². The lowest BCUT2D eigenvalue weighted by Gasteiger charge is -2.06. The molecular formula is C12H17BrN2O2S. The second-order valence-corrected chi connectivity index (χ2v) is 5.40. The van der Waals surface area contributed by atoms with Crippen LogP contribution in [0.15, 0.2) is 33.7 Å². The third-order valence-corrected chi connectivity index (χ3v) is 3.25. The first kappa shape index (κ1) is 15.3. The topological polar surface area (TPSA) is 56.8 Å². The zero-order chi connectivity index (χ0) is 13.2. The molecule has 6 heteroatoms. The number of halogens is 1. The largest absolute Gasteiger partial charge is 0.493 e. The van der Waals surface area contributed by atoms with Gasteiger partial charge in [0.15, 0.2) is 5.17 Å². The average Bonchev–Trinajstić information content (AvgIpc) is 2.35. The number of methoxy groups -OCH3 is 1. The van der Waals surface area contributed by atoms with E-state index in [1.165, 1.54) is 11.8 Å². The van der Waals surface area contributed by atoms with E-state index in [-0.39, 0.29) is 0 Å². The number of rotatable bonds is 7. The average molecular weight is 333 g/mol. The lowest BCUT2D eigenvalue weighted by atomic mass is 10.3. The van der Waals surface area contributed by atoms with Crippen LogP contribution in [-0.2, 0) is 4.74 Å². The van der Waals surface area contributed by atoms with Crippen LogP contribution in [0.5, 0.6) is 5.75 Å². The summed E-state index contributed by atoms with van der Waals surface area (Å²) in [5, 5.41) is 0.574. The monoisotopic (exact) mass is 332 g/mol. The summed E-state index contributed by atoms with van der Waals surface area (Å²) in [5.74, 6) is 1.62. The molecule has 0 bridgehead atoms. The zero-order valence-corrected chi connectivity index (χ0v) is 12.7. The highest BCUT2D eigenvalue weighted by molar-refractivity contribution is 9.10. The van der Waals surface area contributed by atoms with Crippen molar-refractivity contribution >= 4 is 32.9 Å². The Morgan fingerprint density at radius 3 is 3.00 bits per heavy atom. The van der Waals surface area contributed by atoms with E-state index in [1.54, 1.807) is 7.11 Å². The number of hydrogen-bond acceptors (Lipinski definition) is 4. The maximum Gasteiger partial charge on any atom is 0.154 e. The Balaban J connectivity index is 2.16. The van der Waals surface area contributed by atoms with Crippen molar-refractivity contribution in [1.82, 2.24) is 0 Å². The van der Waals surface area contributed by atoms with Crippen LogP contribution >= 0.6 is 27.7 Å². The summed E-state index contributed by atoms with van der Waals surface area (Å²) >= 11 is 4.88. The molecule has 0 unspecified atom stereocenters. The lowest BCUT2D eigenvalue weighted by molar-refractivity contribution is 0.208. The van der Waals surface area contributed by atoms with Gasteiger partial charge >= 0.3 is 0 Å². The third-order valence-electron chi connectivity index (χ3n) is 1.96. The summed E-state index contributed by atoms with van der Waals surface area (Å²) in [7, 11) is 1.64. The van der Waals surface area contributed by atoms with Crippen molar-refractivity contribution < 1.29 is 9.47 Å². The van der Waals surface area contributed by atoms with Crippen molar-refractivity contribution in [2.45, 2.75) is 0 Å². The molecule has 0 aliphatic carbocycles. The molecule has 18 heavy (non-hydrogen) atoms. The Morgan fingerprint density at radius 1 is 1.44 bits per heavy atom. The van der Waals surface area contributed by atoms with Crippen molar-refractivity contribution in [3.8, 4) is 5.75 Å². The van der Waals surface area contributed by atoms with Gasteiger partial charge in [-0.05, 0) is 18.2 Å². The molecule has 0 saturated heterocycles. The molecule has 1 aromatic carbocycles. The van der Waals surface area contributed by atoms with Crippen LogP contribution in [0.4, 0.5) is 0 Å². The maximum atomic E-state index is 5.71. The Labute approximate surface area is 120 Å². The van der Waals surface area contributed by atoms with Gasteiger partial charge in [0.2, 0.25) is 0 Å². The van der Waals surface area contributed by atoms with Crippen LogP contribution < -0.4 is 10.5 Å². The van der Waals surface area contributed by atoms with Gasteiger partial charge in [-0.2, -0.15) is 0 Å². The molecule has 0 aliphatic rings. The Kier molecular flexibility index (Phi) is 7.88. The Morgan fingerprint density at radius 2 is 2.28 bits per heavy atom. The predicted molar refractivity (Wildman–Crippen MR) is 80.5 cm³/mol. The number of thioether (sulfide) groups is 1. The van der Waals surface area contributed by atoms with E-state index >= 15 is 0 Å². The molecule has 0 aromatic heterocycles. The molecule has 100 valence electrons. The van der Waals surface area contributed by atoms with E-state index in [2.05, 4.69) is 20.9 Å². The van der Waals surface area contributed by atoms with Gasteiger partial charge in [0, 0.05) is 17.3 Å². The number of ether oxygens (including phenoxy) is 2. The summed E-state index contributed by atoms with van der Waals surface area (Å²) < 4.78 is 11.5. The molecule has 0 radical (unpaired) electrons. The molecule has 4 nitrogen and oxygen atoms in total. The van der Waals surface area contributed by atoms with Crippen LogP contribution in [0.25, 0.3) is 0 Å². The van der Waals surface area contributed by atoms with Gasteiger partial charge in [-0.25, -0.2) is 0 Å². The molecule has 1 rings (SSSR count). The first-order valence-corrected chi connectivity index (χ1v) is 7.30. The number of hydrogen-bond donors (Lipinski definition) is 1. The first-order chi connectivity index (χ1) is 8.72. The summed E-state index contributed by atoms with van der Waals surface area (Å²) in [6.07, 6.45) is 0. The quantitative estimate of drug-likeness (QED) is 0.473. The fourth-order valence-electron chi connectivity index (χ4n) is 1.16. The van der Waals surface area contributed by atoms with Crippen molar-refractivity contribution in [2.24, 2.45) is 10.7 Å². The molecule has 0 atom stereocenters. The molecular weight excluding hydrogens is 316 g/mol. The molecule has 1 aromatic rings. The fraction of sp³-hybridized carbons (Fsp3) is 0.417. The SMILES string of the molecule is COCCN=C(N)SCCOc1cccc(Br)c1. The smallest absolute Gasteiger partial charge is 0.154 e. The summed E-state index contributed by atoms with van der Waals surface area (Å²) in [6, 6.07) is 7.75. The van der Waals surface area contributed by atoms with Gasteiger partial charge in [0.05, 0.1) is 19.8 Å². The fourth-order valence-corrected chi connectivity index (χ4v) is 2.09. The van der Waals surface area contributed by atoms with Gasteiger partial charge in [-0.3, -0.25) is 4.99 Å². The molecule has 0 heterocycles. The van der Waals surface area contributed by atoms with Crippen molar-refractivity contribution in [1.29, 1.82) is 0 Å². The second kappa shape index (κ2) is 9.24. The van der Waals surface area contributed by atoms with E-state index < -0.39 is 0 Å². The van der Waals surface area contributed by atoms with E-state index in [1.807, 2.05) is 24.3 Å². The van der Waals surface area contributed by atoms with Crippen LogP contribution in [-0.4, -0.2) is 37.8 Å². The van der Waals surface area contributed by atoms with E-state index in [4.69, 9.17) is 15.2 Å². The Hall–Kier alpha value is -0.720. The molecule has 0 spiro atoms. The highest BCUT2D eigenvalue weighted by atomic mass is 79.9. The lowest BCUT2D eigenvalue weighted by Crippen LogP contribution is -2.12. The zero-order valence-electron chi connectivity index (χ0n) is 10.3. The van der Waals surface area contributed by atoms with Gasteiger partial charge in [-0.15, -0.1) is 0 Å². The van der Waals surface area contributed by atoms with Crippen LogP contribution in [0.3, 0.4) is 0 Å². The second-order valence-electron chi connectivity index (χ2n) is 3.37. The van der Waals surface area contributed by atoms with E-state index in [0.29, 0.717) is 24.9 Å². The highest BCUT2D eigenvalue weighted by Gasteiger charge is 1.97. The van der Waals surface area contributed by atoms with Crippen molar-refractivity contribution in [3.05, 3.63) is 28.7 Å². The molecule has 0 aliphatic heterocycles. The number of benzene rings is 1.